The van der Waals surface area contributed by atoms with Crippen molar-refractivity contribution in [3.8, 4) is 5.75 Å². The van der Waals surface area contributed by atoms with Crippen LogP contribution in [0.4, 0.5) is 5.95 Å². The molecule has 1 aliphatic carbocycles. The topological polar surface area (TPSA) is 73.3 Å². The Balaban J connectivity index is 2.01. The molecule has 1 aromatic carbocycles. The highest BCUT2D eigenvalue weighted by Gasteiger charge is 2.21. The van der Waals surface area contributed by atoms with Crippen LogP contribution in [-0.4, -0.2) is 27.9 Å². The molecule has 5 nitrogen and oxygen atoms in total. The molecular weight excluding hydrogens is 242 g/mol. The lowest BCUT2D eigenvalue weighted by molar-refractivity contribution is 0.201. The number of aromatic nitrogens is 2. The van der Waals surface area contributed by atoms with Crippen LogP contribution in [-0.2, 0) is 0 Å². The molecule has 0 atom stereocenters. The molecule has 0 amide bonds. The highest BCUT2D eigenvalue weighted by Crippen LogP contribution is 2.35. The van der Waals surface area contributed by atoms with Crippen molar-refractivity contribution >= 4 is 17.0 Å². The van der Waals surface area contributed by atoms with Crippen LogP contribution in [0.3, 0.4) is 0 Å². The van der Waals surface area contributed by atoms with E-state index in [9.17, 15) is 0 Å². The van der Waals surface area contributed by atoms with Gasteiger partial charge in [-0.2, -0.15) is 0 Å². The van der Waals surface area contributed by atoms with Crippen molar-refractivity contribution in [3.05, 3.63) is 18.2 Å². The van der Waals surface area contributed by atoms with Gasteiger partial charge < -0.3 is 20.1 Å². The predicted molar refractivity (Wildman–Crippen MR) is 74.2 cm³/mol. The van der Waals surface area contributed by atoms with E-state index in [2.05, 4.69) is 9.55 Å². The molecule has 5 heteroatoms. The maximum absolute atomic E-state index is 8.81. The summed E-state index contributed by atoms with van der Waals surface area (Å²) in [6.45, 7) is 0.320. The van der Waals surface area contributed by atoms with E-state index >= 15 is 0 Å². The Hall–Kier alpha value is -1.75. The van der Waals surface area contributed by atoms with E-state index in [-0.39, 0.29) is 6.61 Å². The average Bonchev–Trinajstić information content (AvgIpc) is 3.02. The Bertz CT molecular complexity index is 573. The van der Waals surface area contributed by atoms with Gasteiger partial charge in [0.05, 0.1) is 17.6 Å². The third-order valence-electron chi connectivity index (χ3n) is 3.74. The number of hydrogen-bond acceptors (Lipinski definition) is 4. The maximum atomic E-state index is 8.81. The van der Waals surface area contributed by atoms with Gasteiger partial charge in [-0.25, -0.2) is 4.98 Å². The van der Waals surface area contributed by atoms with E-state index in [0.29, 0.717) is 18.6 Å². The van der Waals surface area contributed by atoms with Gasteiger partial charge in [-0.15, -0.1) is 0 Å². The molecular formula is C14H19N3O2. The largest absolute Gasteiger partial charge is 0.491 e. The first-order valence-electron chi connectivity index (χ1n) is 6.80. The Labute approximate surface area is 112 Å². The number of hydrogen-bond donors (Lipinski definition) is 2. The zero-order valence-electron chi connectivity index (χ0n) is 10.9. The minimum absolute atomic E-state index is 0.0159. The molecule has 1 fully saturated rings. The maximum Gasteiger partial charge on any atom is 0.201 e. The monoisotopic (exact) mass is 261 g/mol. The van der Waals surface area contributed by atoms with Crippen LogP contribution in [0.2, 0.25) is 0 Å². The average molecular weight is 261 g/mol. The second-order valence-electron chi connectivity index (χ2n) is 5.00. The lowest BCUT2D eigenvalue weighted by Crippen LogP contribution is -2.08. The first-order chi connectivity index (χ1) is 9.29. The van der Waals surface area contributed by atoms with Crippen LogP contribution < -0.4 is 10.5 Å². The number of aliphatic hydroxyl groups excluding tert-OH is 1. The number of fused-ring (bicyclic) bond motifs is 1. The highest BCUT2D eigenvalue weighted by atomic mass is 16.5. The number of benzene rings is 1. The van der Waals surface area contributed by atoms with Crippen LogP contribution in [0.5, 0.6) is 5.75 Å². The fourth-order valence-electron chi connectivity index (χ4n) is 2.89. The molecule has 0 radical (unpaired) electrons. The van der Waals surface area contributed by atoms with Gasteiger partial charge in [-0.05, 0) is 25.0 Å². The van der Waals surface area contributed by atoms with Crippen LogP contribution >= 0.6 is 0 Å². The smallest absolute Gasteiger partial charge is 0.201 e. The number of imidazole rings is 1. The summed E-state index contributed by atoms with van der Waals surface area (Å²) >= 11 is 0. The zero-order valence-corrected chi connectivity index (χ0v) is 10.9. The van der Waals surface area contributed by atoms with E-state index in [1.165, 1.54) is 12.8 Å². The van der Waals surface area contributed by atoms with Crippen LogP contribution in [0.1, 0.15) is 31.7 Å². The first-order valence-corrected chi connectivity index (χ1v) is 6.80. The fourth-order valence-corrected chi connectivity index (χ4v) is 2.89. The van der Waals surface area contributed by atoms with Crippen LogP contribution in [0.25, 0.3) is 11.0 Å². The van der Waals surface area contributed by atoms with Crippen molar-refractivity contribution in [2.24, 2.45) is 0 Å². The summed E-state index contributed by atoms with van der Waals surface area (Å²) in [4.78, 5) is 4.41. The quantitative estimate of drug-likeness (QED) is 0.884. The summed E-state index contributed by atoms with van der Waals surface area (Å²) in [5.74, 6) is 1.34. The number of nitrogen functional groups attached to an aromatic ring is 1. The van der Waals surface area contributed by atoms with E-state index in [4.69, 9.17) is 15.6 Å². The lowest BCUT2D eigenvalue weighted by Gasteiger charge is -2.14. The lowest BCUT2D eigenvalue weighted by atomic mass is 10.2. The SMILES string of the molecule is Nc1nc2ccc(OCCO)cc2n1C1CCCC1. The van der Waals surface area contributed by atoms with Gasteiger partial charge in [0.15, 0.2) is 0 Å². The van der Waals surface area contributed by atoms with E-state index in [1.807, 2.05) is 18.2 Å². The summed E-state index contributed by atoms with van der Waals surface area (Å²) in [5.41, 5.74) is 7.99. The molecule has 3 N–H and O–H groups in total. The predicted octanol–water partition coefficient (Wildman–Crippen LogP) is 2.10. The molecule has 102 valence electrons. The van der Waals surface area contributed by atoms with Gasteiger partial charge in [0.1, 0.15) is 12.4 Å². The number of aliphatic hydroxyl groups is 1. The second-order valence-corrected chi connectivity index (χ2v) is 5.00. The number of ether oxygens (including phenoxy) is 1. The molecule has 0 bridgehead atoms. The molecule has 3 rings (SSSR count). The molecule has 0 spiro atoms. The zero-order chi connectivity index (χ0) is 13.2. The molecule has 2 aromatic rings. The van der Waals surface area contributed by atoms with E-state index in [0.717, 1.165) is 29.6 Å². The third kappa shape index (κ3) is 2.26. The van der Waals surface area contributed by atoms with Crippen LogP contribution in [0, 0.1) is 0 Å². The summed E-state index contributed by atoms with van der Waals surface area (Å²) in [6.07, 6.45) is 4.84. The molecule has 19 heavy (non-hydrogen) atoms. The van der Waals surface area contributed by atoms with Crippen molar-refractivity contribution in [1.82, 2.24) is 9.55 Å². The molecule has 0 unspecified atom stereocenters. The Kier molecular flexibility index (Phi) is 3.29. The second kappa shape index (κ2) is 5.09. The highest BCUT2D eigenvalue weighted by molar-refractivity contribution is 5.80. The normalized spacial score (nSPS) is 16.3. The van der Waals surface area contributed by atoms with Crippen molar-refractivity contribution < 1.29 is 9.84 Å². The first kappa shape index (κ1) is 12.3. The van der Waals surface area contributed by atoms with Crippen molar-refractivity contribution in [2.45, 2.75) is 31.7 Å². The van der Waals surface area contributed by atoms with E-state index in [1.54, 1.807) is 0 Å². The number of nitrogens with zero attached hydrogens (tertiary/aromatic N) is 2. The van der Waals surface area contributed by atoms with Gasteiger partial charge in [0.25, 0.3) is 0 Å². The van der Waals surface area contributed by atoms with Gasteiger partial charge in [0.2, 0.25) is 5.95 Å². The van der Waals surface area contributed by atoms with Crippen LogP contribution in [0.15, 0.2) is 18.2 Å². The van der Waals surface area contributed by atoms with Crippen molar-refractivity contribution in [1.29, 1.82) is 0 Å². The minimum atomic E-state index is 0.0159. The Morgan fingerprint density at radius 2 is 2.16 bits per heavy atom. The Morgan fingerprint density at radius 3 is 2.89 bits per heavy atom. The Morgan fingerprint density at radius 1 is 1.37 bits per heavy atom. The van der Waals surface area contributed by atoms with E-state index < -0.39 is 0 Å². The third-order valence-corrected chi connectivity index (χ3v) is 3.74. The van der Waals surface area contributed by atoms with Crippen molar-refractivity contribution in [2.75, 3.05) is 18.9 Å². The molecule has 0 saturated heterocycles. The van der Waals surface area contributed by atoms with Gasteiger partial charge in [0, 0.05) is 12.1 Å². The molecule has 1 aromatic heterocycles. The minimum Gasteiger partial charge on any atom is -0.491 e. The molecule has 1 aliphatic rings. The van der Waals surface area contributed by atoms with Gasteiger partial charge in [-0.3, -0.25) is 0 Å². The number of nitrogens with two attached hydrogens (primary N) is 1. The van der Waals surface area contributed by atoms with Gasteiger partial charge >= 0.3 is 0 Å². The molecule has 1 heterocycles. The standard InChI is InChI=1S/C14H19N3O2/c15-14-16-12-6-5-11(19-8-7-18)9-13(12)17(14)10-3-1-2-4-10/h5-6,9-10,18H,1-4,7-8H2,(H2,15,16). The van der Waals surface area contributed by atoms with Crippen molar-refractivity contribution in [3.63, 3.8) is 0 Å². The fraction of sp³-hybridized carbons (Fsp3) is 0.500. The summed E-state index contributed by atoms with van der Waals surface area (Å²) in [7, 11) is 0. The summed E-state index contributed by atoms with van der Waals surface area (Å²) < 4.78 is 7.59. The van der Waals surface area contributed by atoms with Gasteiger partial charge in [-0.1, -0.05) is 12.8 Å². The summed E-state index contributed by atoms with van der Waals surface area (Å²) in [6, 6.07) is 6.21. The molecule has 0 aliphatic heterocycles. The number of rotatable bonds is 4. The summed E-state index contributed by atoms with van der Waals surface area (Å²) in [5, 5.41) is 8.81. The number of anilines is 1. The molecule has 1 saturated carbocycles.